The van der Waals surface area contributed by atoms with E-state index in [4.69, 9.17) is 4.74 Å². The molecule has 0 saturated carbocycles. The Bertz CT molecular complexity index is 239. The lowest BCUT2D eigenvalue weighted by Gasteiger charge is -2.39. The van der Waals surface area contributed by atoms with Gasteiger partial charge in [-0.15, -0.1) is 0 Å². The number of piperidine rings is 1. The summed E-state index contributed by atoms with van der Waals surface area (Å²) in [6.45, 7) is 9.17. The highest BCUT2D eigenvalue weighted by atomic mass is 16.5. The van der Waals surface area contributed by atoms with Crippen molar-refractivity contribution in [3.8, 4) is 0 Å². The molecule has 2 heterocycles. The van der Waals surface area contributed by atoms with Gasteiger partial charge in [-0.1, -0.05) is 13.8 Å². The molecule has 3 nitrogen and oxygen atoms in total. The third-order valence-corrected chi connectivity index (χ3v) is 4.60. The molecule has 3 unspecified atom stereocenters. The van der Waals surface area contributed by atoms with Gasteiger partial charge in [0.05, 0.1) is 6.10 Å². The van der Waals surface area contributed by atoms with E-state index >= 15 is 0 Å². The fourth-order valence-corrected chi connectivity index (χ4v) is 3.31. The molecular formula is C15H30N2O. The van der Waals surface area contributed by atoms with Gasteiger partial charge in [0.15, 0.2) is 0 Å². The summed E-state index contributed by atoms with van der Waals surface area (Å²) in [6, 6.07) is 0.730. The van der Waals surface area contributed by atoms with E-state index in [1.54, 1.807) is 0 Å². The maximum Gasteiger partial charge on any atom is 0.0612 e. The minimum Gasteiger partial charge on any atom is -0.378 e. The number of nitrogens with one attached hydrogen (secondary N) is 1. The first kappa shape index (κ1) is 14.3. The Hall–Kier alpha value is -0.120. The molecule has 2 saturated heterocycles. The smallest absolute Gasteiger partial charge is 0.0612 e. The Morgan fingerprint density at radius 3 is 2.83 bits per heavy atom. The summed E-state index contributed by atoms with van der Waals surface area (Å²) in [7, 11) is 2.31. The van der Waals surface area contributed by atoms with E-state index < -0.39 is 0 Å². The van der Waals surface area contributed by atoms with Crippen molar-refractivity contribution < 1.29 is 4.74 Å². The van der Waals surface area contributed by atoms with Crippen molar-refractivity contribution in [1.82, 2.24) is 10.2 Å². The molecule has 2 rings (SSSR count). The van der Waals surface area contributed by atoms with Crippen molar-refractivity contribution >= 4 is 0 Å². The van der Waals surface area contributed by atoms with Gasteiger partial charge in [-0.2, -0.15) is 0 Å². The van der Waals surface area contributed by atoms with E-state index in [-0.39, 0.29) is 0 Å². The average Bonchev–Trinajstić information content (AvgIpc) is 2.40. The van der Waals surface area contributed by atoms with Gasteiger partial charge in [-0.3, -0.25) is 0 Å². The lowest BCUT2D eigenvalue weighted by atomic mass is 9.93. The lowest BCUT2D eigenvalue weighted by Crippen LogP contribution is -2.45. The van der Waals surface area contributed by atoms with Crippen LogP contribution in [0.4, 0.5) is 0 Å². The Morgan fingerprint density at radius 1 is 1.33 bits per heavy atom. The zero-order valence-corrected chi connectivity index (χ0v) is 12.3. The normalized spacial score (nSPS) is 34.2. The van der Waals surface area contributed by atoms with Crippen LogP contribution in [0.3, 0.4) is 0 Å². The van der Waals surface area contributed by atoms with E-state index in [0.29, 0.717) is 12.0 Å². The molecule has 0 radical (unpaired) electrons. The number of hydrogen-bond acceptors (Lipinski definition) is 3. The van der Waals surface area contributed by atoms with Crippen LogP contribution in [0.15, 0.2) is 0 Å². The molecule has 2 fully saturated rings. The Balaban J connectivity index is 1.78. The highest BCUT2D eigenvalue weighted by Gasteiger charge is 2.28. The summed E-state index contributed by atoms with van der Waals surface area (Å²) < 4.78 is 5.87. The molecular weight excluding hydrogens is 224 g/mol. The standard InChI is InChI=1S/C15H30N2O/c1-12(2)15-9-14(6-8-18-15)17(3)11-13-5-4-7-16-10-13/h12-16H,4-11H2,1-3H3. The molecule has 0 aromatic carbocycles. The van der Waals surface area contributed by atoms with Gasteiger partial charge in [0.1, 0.15) is 0 Å². The average molecular weight is 254 g/mol. The largest absolute Gasteiger partial charge is 0.378 e. The highest BCUT2D eigenvalue weighted by Crippen LogP contribution is 2.24. The Labute approximate surface area is 112 Å². The van der Waals surface area contributed by atoms with Gasteiger partial charge >= 0.3 is 0 Å². The van der Waals surface area contributed by atoms with Gasteiger partial charge in [-0.25, -0.2) is 0 Å². The van der Waals surface area contributed by atoms with Crippen LogP contribution < -0.4 is 5.32 Å². The van der Waals surface area contributed by atoms with Crippen molar-refractivity contribution in [3.63, 3.8) is 0 Å². The molecule has 1 N–H and O–H groups in total. The minimum atomic E-state index is 0.468. The highest BCUT2D eigenvalue weighted by molar-refractivity contribution is 4.82. The van der Waals surface area contributed by atoms with Crippen LogP contribution in [-0.2, 0) is 4.74 Å². The topological polar surface area (TPSA) is 24.5 Å². The van der Waals surface area contributed by atoms with Gasteiger partial charge in [0.2, 0.25) is 0 Å². The second-order valence-corrected chi connectivity index (χ2v) is 6.48. The van der Waals surface area contributed by atoms with Crippen LogP contribution in [0.25, 0.3) is 0 Å². The first-order chi connectivity index (χ1) is 8.66. The second-order valence-electron chi connectivity index (χ2n) is 6.48. The maximum atomic E-state index is 5.87. The molecule has 0 bridgehead atoms. The Kier molecular flexibility index (Phi) is 5.46. The van der Waals surface area contributed by atoms with E-state index in [1.165, 1.54) is 45.3 Å². The van der Waals surface area contributed by atoms with Crippen molar-refractivity contribution in [3.05, 3.63) is 0 Å². The van der Waals surface area contributed by atoms with Gasteiger partial charge < -0.3 is 15.0 Å². The molecule has 3 heteroatoms. The molecule has 0 spiro atoms. The summed E-state index contributed by atoms with van der Waals surface area (Å²) in [4.78, 5) is 2.59. The zero-order valence-electron chi connectivity index (χ0n) is 12.3. The molecule has 0 aromatic rings. The molecule has 18 heavy (non-hydrogen) atoms. The third kappa shape index (κ3) is 3.94. The van der Waals surface area contributed by atoms with Crippen LogP contribution in [0.1, 0.15) is 39.5 Å². The fourth-order valence-electron chi connectivity index (χ4n) is 3.31. The summed E-state index contributed by atoms with van der Waals surface area (Å²) in [5, 5.41) is 3.52. The maximum absolute atomic E-state index is 5.87. The fraction of sp³-hybridized carbons (Fsp3) is 1.00. The Morgan fingerprint density at radius 2 is 2.17 bits per heavy atom. The number of nitrogens with zero attached hydrogens (tertiary/aromatic N) is 1. The quantitative estimate of drug-likeness (QED) is 0.832. The zero-order chi connectivity index (χ0) is 13.0. The summed E-state index contributed by atoms with van der Waals surface area (Å²) in [5.41, 5.74) is 0. The van der Waals surface area contributed by atoms with Crippen molar-refractivity contribution in [1.29, 1.82) is 0 Å². The number of ether oxygens (including phenoxy) is 1. The summed E-state index contributed by atoms with van der Waals surface area (Å²) in [6.07, 6.45) is 5.64. The van der Waals surface area contributed by atoms with Crippen LogP contribution in [0, 0.1) is 11.8 Å². The summed E-state index contributed by atoms with van der Waals surface area (Å²) >= 11 is 0. The SMILES string of the molecule is CC(C)C1CC(N(C)CC2CCCNC2)CCO1. The van der Waals surface area contributed by atoms with Crippen molar-refractivity contribution in [2.24, 2.45) is 11.8 Å². The van der Waals surface area contributed by atoms with Gasteiger partial charge in [0, 0.05) is 19.2 Å². The van der Waals surface area contributed by atoms with Crippen molar-refractivity contribution in [2.75, 3.05) is 33.3 Å². The van der Waals surface area contributed by atoms with Crippen LogP contribution in [0.2, 0.25) is 0 Å². The van der Waals surface area contributed by atoms with Crippen LogP contribution in [0.5, 0.6) is 0 Å². The predicted octanol–water partition coefficient (Wildman–Crippen LogP) is 2.12. The van der Waals surface area contributed by atoms with E-state index in [1.807, 2.05) is 0 Å². The van der Waals surface area contributed by atoms with Crippen molar-refractivity contribution in [2.45, 2.75) is 51.7 Å². The van der Waals surface area contributed by atoms with Gasteiger partial charge in [-0.05, 0) is 57.7 Å². The number of rotatable bonds is 4. The molecule has 3 atom stereocenters. The first-order valence-corrected chi connectivity index (χ1v) is 7.69. The minimum absolute atomic E-state index is 0.468. The monoisotopic (exact) mass is 254 g/mol. The second kappa shape index (κ2) is 6.88. The van der Waals surface area contributed by atoms with E-state index in [9.17, 15) is 0 Å². The first-order valence-electron chi connectivity index (χ1n) is 7.69. The molecule has 2 aliphatic heterocycles. The summed E-state index contributed by atoms with van der Waals surface area (Å²) in [5.74, 6) is 1.50. The molecule has 2 aliphatic rings. The van der Waals surface area contributed by atoms with Crippen LogP contribution >= 0.6 is 0 Å². The molecule has 0 aromatic heterocycles. The predicted molar refractivity (Wildman–Crippen MR) is 75.8 cm³/mol. The third-order valence-electron chi connectivity index (χ3n) is 4.60. The lowest BCUT2D eigenvalue weighted by molar-refractivity contribution is -0.0464. The molecule has 0 amide bonds. The number of hydrogen-bond donors (Lipinski definition) is 1. The van der Waals surface area contributed by atoms with E-state index in [2.05, 4.69) is 31.1 Å². The molecule has 0 aliphatic carbocycles. The molecule has 106 valence electrons. The van der Waals surface area contributed by atoms with Crippen LogP contribution in [-0.4, -0.2) is 50.3 Å². The van der Waals surface area contributed by atoms with Gasteiger partial charge in [0.25, 0.3) is 0 Å². The van der Waals surface area contributed by atoms with E-state index in [0.717, 1.165) is 18.6 Å².